The van der Waals surface area contributed by atoms with Gasteiger partial charge in [0.2, 0.25) is 11.8 Å². The normalized spacial score (nSPS) is 23.4. The summed E-state index contributed by atoms with van der Waals surface area (Å²) in [5, 5.41) is 3.05. The lowest BCUT2D eigenvalue weighted by molar-refractivity contribution is -0.267. The molecule has 3 aliphatic rings. The molecule has 2 heterocycles. The first-order chi connectivity index (χ1) is 20.2. The molecule has 5 rings (SSSR count). The molecule has 42 heavy (non-hydrogen) atoms. The van der Waals surface area contributed by atoms with Gasteiger partial charge in [0.1, 0.15) is 12.6 Å². The van der Waals surface area contributed by atoms with Crippen molar-refractivity contribution in [3.8, 4) is 0 Å². The van der Waals surface area contributed by atoms with Gasteiger partial charge in [-0.25, -0.2) is 4.79 Å². The largest absolute Gasteiger partial charge is 0.443 e. The minimum atomic E-state index is -1.31. The van der Waals surface area contributed by atoms with E-state index in [4.69, 9.17) is 15.3 Å². The molecule has 1 unspecified atom stereocenters. The number of nitrogens with zero attached hydrogens (tertiary/aromatic N) is 3. The minimum absolute atomic E-state index is 0.0112. The molecular formula is C32H42N4O6. The zero-order valence-corrected chi connectivity index (χ0v) is 24.6. The van der Waals surface area contributed by atoms with E-state index < -0.39 is 42.6 Å². The van der Waals surface area contributed by atoms with Gasteiger partial charge in [0.05, 0.1) is 13.0 Å². The molecule has 3 atom stereocenters. The summed E-state index contributed by atoms with van der Waals surface area (Å²) in [6.07, 6.45) is 3.30. The van der Waals surface area contributed by atoms with E-state index in [1.165, 1.54) is 11.3 Å². The molecule has 226 valence electrons. The highest BCUT2D eigenvalue weighted by atomic mass is 16.7. The van der Waals surface area contributed by atoms with Gasteiger partial charge >= 0.3 is 6.09 Å². The van der Waals surface area contributed by atoms with Gasteiger partial charge < -0.3 is 20.3 Å². The molecule has 1 aliphatic carbocycles. The number of hydroxylamine groups is 2. The molecule has 1 saturated carbocycles. The number of piperazine rings is 1. The van der Waals surface area contributed by atoms with Crippen LogP contribution in [0.1, 0.15) is 70.8 Å². The highest BCUT2D eigenvalue weighted by Gasteiger charge is 2.53. The third-order valence-corrected chi connectivity index (χ3v) is 8.73. The van der Waals surface area contributed by atoms with Crippen LogP contribution in [0.5, 0.6) is 0 Å². The Bertz CT molecular complexity index is 1300. The van der Waals surface area contributed by atoms with Crippen LogP contribution in [-0.4, -0.2) is 70.1 Å². The molecule has 4 amide bonds. The van der Waals surface area contributed by atoms with Gasteiger partial charge in [-0.05, 0) is 41.0 Å². The molecule has 10 heteroatoms. The Hall–Kier alpha value is -3.66. The number of primary amides is 1. The lowest BCUT2D eigenvalue weighted by Gasteiger charge is -2.53. The number of ether oxygens (including phenoxy) is 1. The van der Waals surface area contributed by atoms with E-state index in [0.717, 1.165) is 53.5 Å². The average Bonchev–Trinajstić information content (AvgIpc) is 2.98. The van der Waals surface area contributed by atoms with E-state index in [9.17, 15) is 19.2 Å². The van der Waals surface area contributed by atoms with Crippen molar-refractivity contribution in [2.75, 3.05) is 13.1 Å². The van der Waals surface area contributed by atoms with Crippen molar-refractivity contribution >= 4 is 34.6 Å². The first kappa shape index (κ1) is 29.8. The number of benzene rings is 2. The van der Waals surface area contributed by atoms with E-state index in [1.807, 2.05) is 42.5 Å². The van der Waals surface area contributed by atoms with Crippen molar-refractivity contribution in [2.24, 2.45) is 17.6 Å². The van der Waals surface area contributed by atoms with Crippen LogP contribution in [0.2, 0.25) is 0 Å². The highest BCUT2D eigenvalue weighted by molar-refractivity contribution is 5.94. The Kier molecular flexibility index (Phi) is 9.30. The summed E-state index contributed by atoms with van der Waals surface area (Å²) in [7, 11) is 0. The topological polar surface area (TPSA) is 122 Å². The Morgan fingerprint density at radius 2 is 1.76 bits per heavy atom. The van der Waals surface area contributed by atoms with Gasteiger partial charge in [-0.15, -0.1) is 0 Å². The maximum atomic E-state index is 13.9. The molecule has 2 aromatic rings. The van der Waals surface area contributed by atoms with Crippen LogP contribution < -0.4 is 5.73 Å². The van der Waals surface area contributed by atoms with Crippen molar-refractivity contribution in [3.63, 3.8) is 0 Å². The Morgan fingerprint density at radius 3 is 2.50 bits per heavy atom. The molecule has 2 aromatic carbocycles. The van der Waals surface area contributed by atoms with Crippen molar-refractivity contribution in [2.45, 2.75) is 90.1 Å². The smallest absolute Gasteiger partial charge is 0.436 e. The SMILES string of the molecule is CC(C)CCN1CC2N(C(=O)OCc3cccc4ccccc34)O[C@@H](CC(N)=O)C(=O)N2[C@@H](CC2CCCCC2)C1=O. The van der Waals surface area contributed by atoms with Crippen LogP contribution in [-0.2, 0) is 30.6 Å². The van der Waals surface area contributed by atoms with Gasteiger partial charge in [-0.2, -0.15) is 5.06 Å². The second kappa shape index (κ2) is 13.1. The first-order valence-corrected chi connectivity index (χ1v) is 15.2. The van der Waals surface area contributed by atoms with Crippen molar-refractivity contribution < 1.29 is 28.8 Å². The number of amides is 4. The molecule has 0 radical (unpaired) electrons. The first-order valence-electron chi connectivity index (χ1n) is 15.2. The van der Waals surface area contributed by atoms with E-state index in [-0.39, 0.29) is 19.1 Å². The van der Waals surface area contributed by atoms with Gasteiger partial charge in [0.25, 0.3) is 5.91 Å². The quantitative estimate of drug-likeness (QED) is 0.472. The van der Waals surface area contributed by atoms with Gasteiger partial charge in [0.15, 0.2) is 12.3 Å². The van der Waals surface area contributed by atoms with Crippen LogP contribution in [0.25, 0.3) is 10.8 Å². The van der Waals surface area contributed by atoms with Crippen LogP contribution in [0, 0.1) is 11.8 Å². The predicted molar refractivity (Wildman–Crippen MR) is 156 cm³/mol. The zero-order chi connectivity index (χ0) is 29.8. The van der Waals surface area contributed by atoms with E-state index in [2.05, 4.69) is 13.8 Å². The van der Waals surface area contributed by atoms with Crippen molar-refractivity contribution in [1.82, 2.24) is 14.9 Å². The summed E-state index contributed by atoms with van der Waals surface area (Å²) in [6.45, 7) is 4.80. The molecule has 2 aliphatic heterocycles. The van der Waals surface area contributed by atoms with Gasteiger partial charge in [-0.1, -0.05) is 88.4 Å². The number of hydrogen-bond acceptors (Lipinski definition) is 6. The summed E-state index contributed by atoms with van der Waals surface area (Å²) in [5.41, 5.74) is 6.29. The lowest BCUT2D eigenvalue weighted by Crippen LogP contribution is -2.73. The summed E-state index contributed by atoms with van der Waals surface area (Å²) in [5.74, 6) is -0.667. The molecule has 0 spiro atoms. The monoisotopic (exact) mass is 578 g/mol. The fraction of sp³-hybridized carbons (Fsp3) is 0.562. The third-order valence-electron chi connectivity index (χ3n) is 8.73. The molecule has 0 bridgehead atoms. The zero-order valence-electron chi connectivity index (χ0n) is 24.6. The Balaban J connectivity index is 1.43. The van der Waals surface area contributed by atoms with Crippen LogP contribution in [0.15, 0.2) is 42.5 Å². The standard InChI is InChI=1S/C32H42N4O6/c1-21(2)15-16-34-19-29-35(26(30(34)38)17-22-9-4-3-5-10-22)31(39)27(18-28(33)37)42-36(29)32(40)41-20-24-13-8-12-23-11-6-7-14-25(23)24/h6-8,11-14,21-22,26-27,29H,3-5,9-10,15-20H2,1-2H3,(H2,33,37)/t26-,27-,29?/m0/s1. The summed E-state index contributed by atoms with van der Waals surface area (Å²) in [6, 6.07) is 12.9. The van der Waals surface area contributed by atoms with Crippen molar-refractivity contribution in [1.29, 1.82) is 0 Å². The second-order valence-corrected chi connectivity index (χ2v) is 12.2. The number of carbonyl (C=O) groups is 4. The average molecular weight is 579 g/mol. The Morgan fingerprint density at radius 1 is 1.02 bits per heavy atom. The number of nitrogens with two attached hydrogens (primary N) is 1. The Labute approximate surface area is 247 Å². The minimum Gasteiger partial charge on any atom is -0.443 e. The molecule has 10 nitrogen and oxygen atoms in total. The molecule has 3 fully saturated rings. The van der Waals surface area contributed by atoms with Crippen LogP contribution >= 0.6 is 0 Å². The van der Waals surface area contributed by atoms with E-state index >= 15 is 0 Å². The van der Waals surface area contributed by atoms with Crippen LogP contribution in [0.3, 0.4) is 0 Å². The maximum Gasteiger partial charge on any atom is 0.436 e. The summed E-state index contributed by atoms with van der Waals surface area (Å²) in [4.78, 5) is 62.4. The number of hydrogen-bond donors (Lipinski definition) is 1. The van der Waals surface area contributed by atoms with E-state index in [1.54, 1.807) is 4.90 Å². The van der Waals surface area contributed by atoms with Gasteiger partial charge in [-0.3, -0.25) is 19.2 Å². The van der Waals surface area contributed by atoms with Gasteiger partial charge in [0, 0.05) is 6.54 Å². The number of fused-ring (bicyclic) bond motifs is 2. The summed E-state index contributed by atoms with van der Waals surface area (Å²) < 4.78 is 5.76. The number of carbonyl (C=O) groups excluding carboxylic acids is 4. The van der Waals surface area contributed by atoms with Crippen molar-refractivity contribution in [3.05, 3.63) is 48.0 Å². The number of rotatable bonds is 9. The fourth-order valence-corrected chi connectivity index (χ4v) is 6.48. The fourth-order valence-electron chi connectivity index (χ4n) is 6.48. The second-order valence-electron chi connectivity index (χ2n) is 12.2. The summed E-state index contributed by atoms with van der Waals surface area (Å²) >= 11 is 0. The molecular weight excluding hydrogens is 536 g/mol. The van der Waals surface area contributed by atoms with Crippen LogP contribution in [0.4, 0.5) is 4.79 Å². The maximum absolute atomic E-state index is 13.9. The lowest BCUT2D eigenvalue weighted by atomic mass is 9.83. The molecule has 2 N–H and O–H groups in total. The van der Waals surface area contributed by atoms with E-state index in [0.29, 0.717) is 24.8 Å². The third kappa shape index (κ3) is 6.53. The predicted octanol–water partition coefficient (Wildman–Crippen LogP) is 4.35. The molecule has 0 aromatic heterocycles. The molecule has 2 saturated heterocycles. The highest BCUT2D eigenvalue weighted by Crippen LogP contribution is 2.35.